The standard InChI is InChI=1S/C11H14N4O2S2/c12-7-9-10(1-6-18-9)19(16,17)15-5-4-14-3-2-13-11(14)8-15/h1-3,6H,4-5,7-8,12H2. The molecule has 0 saturated carbocycles. The third-order valence-electron chi connectivity index (χ3n) is 3.22. The predicted octanol–water partition coefficient (Wildman–Crippen LogP) is 0.608. The summed E-state index contributed by atoms with van der Waals surface area (Å²) in [5.74, 6) is 0.777. The Morgan fingerprint density at radius 2 is 2.26 bits per heavy atom. The Labute approximate surface area is 115 Å². The van der Waals surface area contributed by atoms with Crippen LogP contribution >= 0.6 is 11.3 Å². The lowest BCUT2D eigenvalue weighted by molar-refractivity contribution is 0.335. The Hall–Kier alpha value is -1.22. The van der Waals surface area contributed by atoms with Gasteiger partial charge in [-0.1, -0.05) is 0 Å². The van der Waals surface area contributed by atoms with Crippen molar-refractivity contribution >= 4 is 21.4 Å². The highest BCUT2D eigenvalue weighted by atomic mass is 32.2. The van der Waals surface area contributed by atoms with E-state index in [9.17, 15) is 8.42 Å². The normalized spacial score (nSPS) is 16.5. The summed E-state index contributed by atoms with van der Waals surface area (Å²) in [7, 11) is -3.47. The number of thiophene rings is 1. The zero-order valence-electron chi connectivity index (χ0n) is 10.2. The largest absolute Gasteiger partial charge is 0.333 e. The number of hydrogen-bond acceptors (Lipinski definition) is 5. The fourth-order valence-corrected chi connectivity index (χ4v) is 4.89. The van der Waals surface area contributed by atoms with Gasteiger partial charge in [-0.05, 0) is 11.4 Å². The summed E-state index contributed by atoms with van der Waals surface area (Å²) in [6.45, 7) is 1.66. The smallest absolute Gasteiger partial charge is 0.244 e. The van der Waals surface area contributed by atoms with Crippen LogP contribution in [-0.4, -0.2) is 28.8 Å². The van der Waals surface area contributed by atoms with E-state index >= 15 is 0 Å². The number of sulfonamides is 1. The molecule has 0 amide bonds. The number of fused-ring (bicyclic) bond motifs is 1. The van der Waals surface area contributed by atoms with E-state index in [4.69, 9.17) is 5.73 Å². The van der Waals surface area contributed by atoms with Gasteiger partial charge in [0.25, 0.3) is 0 Å². The molecule has 2 N–H and O–H groups in total. The molecule has 0 aromatic carbocycles. The molecule has 0 unspecified atom stereocenters. The quantitative estimate of drug-likeness (QED) is 0.900. The molecule has 3 heterocycles. The van der Waals surface area contributed by atoms with E-state index in [1.807, 2.05) is 10.8 Å². The van der Waals surface area contributed by atoms with Crippen LogP contribution in [0.1, 0.15) is 10.7 Å². The van der Waals surface area contributed by atoms with E-state index in [1.54, 1.807) is 17.6 Å². The van der Waals surface area contributed by atoms with Crippen LogP contribution in [0.15, 0.2) is 28.7 Å². The molecule has 19 heavy (non-hydrogen) atoms. The summed E-state index contributed by atoms with van der Waals surface area (Å²) in [6.07, 6.45) is 3.57. The van der Waals surface area contributed by atoms with Crippen LogP contribution in [0.2, 0.25) is 0 Å². The average Bonchev–Trinajstić information content (AvgIpc) is 3.06. The molecular weight excluding hydrogens is 284 g/mol. The molecule has 8 heteroatoms. The summed E-state index contributed by atoms with van der Waals surface area (Å²) >= 11 is 1.38. The van der Waals surface area contributed by atoms with Crippen molar-refractivity contribution < 1.29 is 8.42 Å². The lowest BCUT2D eigenvalue weighted by Crippen LogP contribution is -2.38. The minimum atomic E-state index is -3.47. The second-order valence-corrected chi connectivity index (χ2v) is 7.19. The van der Waals surface area contributed by atoms with Crippen molar-refractivity contribution in [1.82, 2.24) is 13.9 Å². The van der Waals surface area contributed by atoms with Crippen LogP contribution in [0.4, 0.5) is 0 Å². The molecule has 2 aromatic heterocycles. The SMILES string of the molecule is NCc1sccc1S(=O)(=O)N1CCn2ccnc2C1. The van der Waals surface area contributed by atoms with Gasteiger partial charge in [-0.3, -0.25) is 0 Å². The fraction of sp³-hybridized carbons (Fsp3) is 0.364. The topological polar surface area (TPSA) is 81.2 Å². The molecule has 0 aliphatic carbocycles. The van der Waals surface area contributed by atoms with Crippen LogP contribution in [-0.2, 0) is 29.7 Å². The van der Waals surface area contributed by atoms with Crippen LogP contribution in [0.25, 0.3) is 0 Å². The Morgan fingerprint density at radius 1 is 1.42 bits per heavy atom. The van der Waals surface area contributed by atoms with Gasteiger partial charge in [0.05, 0.1) is 11.4 Å². The third kappa shape index (κ3) is 2.10. The van der Waals surface area contributed by atoms with Crippen molar-refractivity contribution in [3.05, 3.63) is 34.5 Å². The Morgan fingerprint density at radius 3 is 3.05 bits per heavy atom. The van der Waals surface area contributed by atoms with Gasteiger partial charge in [-0.15, -0.1) is 11.3 Å². The van der Waals surface area contributed by atoms with E-state index in [1.165, 1.54) is 15.6 Å². The Kier molecular flexibility index (Phi) is 3.17. The van der Waals surface area contributed by atoms with Gasteiger partial charge >= 0.3 is 0 Å². The first-order chi connectivity index (χ1) is 9.13. The lowest BCUT2D eigenvalue weighted by Gasteiger charge is -2.26. The first kappa shape index (κ1) is 12.8. The molecule has 0 atom stereocenters. The van der Waals surface area contributed by atoms with E-state index in [0.717, 1.165) is 5.82 Å². The molecule has 1 aliphatic heterocycles. The number of hydrogen-bond donors (Lipinski definition) is 1. The zero-order chi connectivity index (χ0) is 13.5. The minimum Gasteiger partial charge on any atom is -0.333 e. The summed E-state index contributed by atoms with van der Waals surface area (Å²) in [5, 5.41) is 1.76. The molecule has 0 radical (unpaired) electrons. The highest BCUT2D eigenvalue weighted by molar-refractivity contribution is 7.89. The van der Waals surface area contributed by atoms with Gasteiger partial charge in [-0.2, -0.15) is 4.31 Å². The van der Waals surface area contributed by atoms with Crippen LogP contribution in [0.3, 0.4) is 0 Å². The fourth-order valence-electron chi connectivity index (χ4n) is 2.20. The van der Waals surface area contributed by atoms with E-state index in [2.05, 4.69) is 4.98 Å². The number of nitrogens with zero attached hydrogens (tertiary/aromatic N) is 3. The molecule has 0 saturated heterocycles. The molecule has 6 nitrogen and oxygen atoms in total. The van der Waals surface area contributed by atoms with E-state index in [-0.39, 0.29) is 6.54 Å². The van der Waals surface area contributed by atoms with Gasteiger partial charge in [-0.25, -0.2) is 13.4 Å². The highest BCUT2D eigenvalue weighted by Crippen LogP contribution is 2.27. The van der Waals surface area contributed by atoms with Crippen molar-refractivity contribution in [2.24, 2.45) is 5.73 Å². The number of imidazole rings is 1. The van der Waals surface area contributed by atoms with Crippen molar-refractivity contribution in [3.63, 3.8) is 0 Å². The van der Waals surface area contributed by atoms with Crippen molar-refractivity contribution in [3.8, 4) is 0 Å². The maximum atomic E-state index is 12.6. The van der Waals surface area contributed by atoms with Gasteiger partial charge in [0.2, 0.25) is 10.0 Å². The second-order valence-electron chi connectivity index (χ2n) is 4.29. The molecule has 1 aliphatic rings. The molecule has 0 spiro atoms. The number of nitrogens with two attached hydrogens (primary N) is 1. The maximum absolute atomic E-state index is 12.6. The highest BCUT2D eigenvalue weighted by Gasteiger charge is 2.30. The molecule has 0 fully saturated rings. The van der Waals surface area contributed by atoms with Crippen molar-refractivity contribution in [1.29, 1.82) is 0 Å². The first-order valence-electron chi connectivity index (χ1n) is 5.89. The van der Waals surface area contributed by atoms with E-state index in [0.29, 0.717) is 29.4 Å². The van der Waals surface area contributed by atoms with Gasteiger partial charge in [0.15, 0.2) is 0 Å². The van der Waals surface area contributed by atoms with Crippen molar-refractivity contribution in [2.75, 3.05) is 6.54 Å². The van der Waals surface area contributed by atoms with Crippen molar-refractivity contribution in [2.45, 2.75) is 24.5 Å². The third-order valence-corrected chi connectivity index (χ3v) is 6.22. The Bertz CT molecular complexity index is 689. The van der Waals surface area contributed by atoms with Crippen LogP contribution in [0.5, 0.6) is 0 Å². The van der Waals surface area contributed by atoms with Gasteiger partial charge in [0.1, 0.15) is 5.82 Å². The summed E-state index contributed by atoms with van der Waals surface area (Å²) in [6, 6.07) is 1.63. The lowest BCUT2D eigenvalue weighted by atomic mass is 10.4. The first-order valence-corrected chi connectivity index (χ1v) is 8.21. The number of aromatic nitrogens is 2. The molecule has 102 valence electrons. The van der Waals surface area contributed by atoms with Crippen LogP contribution in [0, 0.1) is 0 Å². The molecule has 2 aromatic rings. The molecule has 0 bridgehead atoms. The molecular formula is C11H14N4O2S2. The maximum Gasteiger partial charge on any atom is 0.244 e. The van der Waals surface area contributed by atoms with Gasteiger partial charge < -0.3 is 10.3 Å². The minimum absolute atomic E-state index is 0.245. The zero-order valence-corrected chi connectivity index (χ0v) is 11.8. The predicted molar refractivity (Wildman–Crippen MR) is 72.0 cm³/mol. The summed E-state index contributed by atoms with van der Waals surface area (Å²) < 4.78 is 28.6. The summed E-state index contributed by atoms with van der Waals surface area (Å²) in [4.78, 5) is 5.22. The van der Waals surface area contributed by atoms with Crippen LogP contribution < -0.4 is 5.73 Å². The average molecular weight is 298 g/mol. The van der Waals surface area contributed by atoms with Gasteiger partial charge in [0, 0.05) is 36.9 Å². The monoisotopic (exact) mass is 298 g/mol. The van der Waals surface area contributed by atoms with E-state index < -0.39 is 10.0 Å². The Balaban J connectivity index is 1.94. The second kappa shape index (κ2) is 4.71. The molecule has 3 rings (SSSR count). The number of rotatable bonds is 3. The summed E-state index contributed by atoms with van der Waals surface area (Å²) in [5.41, 5.74) is 5.59.